The molecule has 1 saturated heterocycles. The molecule has 1 aliphatic heterocycles. The standard InChI is InChI=1S/C15H24N4O2/c1-18(2)15(20)11-19-7-8-21-13(10-19)4-3-12-5-6-17-14(16)9-12/h5-6,9,13H,3-4,7-8,10-11H2,1-2H3,(H2,16,17)/t13-/m1/s1. The number of carbonyl (C=O) groups excluding carboxylic acids is 1. The monoisotopic (exact) mass is 292 g/mol. The Kier molecular flexibility index (Phi) is 5.52. The maximum atomic E-state index is 11.8. The third-order valence-electron chi connectivity index (χ3n) is 3.68. The highest BCUT2D eigenvalue weighted by Crippen LogP contribution is 2.13. The van der Waals surface area contributed by atoms with E-state index in [1.54, 1.807) is 25.2 Å². The lowest BCUT2D eigenvalue weighted by Gasteiger charge is -2.33. The van der Waals surface area contributed by atoms with Crippen molar-refractivity contribution in [3.05, 3.63) is 23.9 Å². The van der Waals surface area contributed by atoms with E-state index in [2.05, 4.69) is 9.88 Å². The van der Waals surface area contributed by atoms with Crippen LogP contribution >= 0.6 is 0 Å². The second-order valence-electron chi connectivity index (χ2n) is 5.64. The number of hydrogen-bond acceptors (Lipinski definition) is 5. The molecule has 1 aromatic rings. The van der Waals surface area contributed by atoms with Crippen molar-refractivity contribution in [1.29, 1.82) is 0 Å². The summed E-state index contributed by atoms with van der Waals surface area (Å²) in [4.78, 5) is 19.5. The maximum absolute atomic E-state index is 11.8. The quantitative estimate of drug-likeness (QED) is 0.850. The van der Waals surface area contributed by atoms with E-state index in [1.807, 2.05) is 12.1 Å². The minimum absolute atomic E-state index is 0.137. The van der Waals surface area contributed by atoms with Gasteiger partial charge in [0.2, 0.25) is 5.91 Å². The highest BCUT2D eigenvalue weighted by atomic mass is 16.5. The second kappa shape index (κ2) is 7.38. The number of carbonyl (C=O) groups is 1. The van der Waals surface area contributed by atoms with Gasteiger partial charge in [-0.15, -0.1) is 0 Å². The molecule has 0 radical (unpaired) electrons. The van der Waals surface area contributed by atoms with Crippen LogP contribution in [0.1, 0.15) is 12.0 Å². The van der Waals surface area contributed by atoms with Gasteiger partial charge in [-0.25, -0.2) is 4.98 Å². The van der Waals surface area contributed by atoms with Crippen LogP contribution in [0.15, 0.2) is 18.3 Å². The highest BCUT2D eigenvalue weighted by Gasteiger charge is 2.22. The number of amides is 1. The number of hydrogen-bond donors (Lipinski definition) is 1. The topological polar surface area (TPSA) is 71.7 Å². The van der Waals surface area contributed by atoms with Crippen LogP contribution in [0.5, 0.6) is 0 Å². The molecule has 2 heterocycles. The van der Waals surface area contributed by atoms with Crippen LogP contribution in [0.3, 0.4) is 0 Å². The summed E-state index contributed by atoms with van der Waals surface area (Å²) in [6.07, 6.45) is 3.74. The average Bonchev–Trinajstić information content (AvgIpc) is 2.45. The smallest absolute Gasteiger partial charge is 0.236 e. The van der Waals surface area contributed by atoms with Crippen molar-refractivity contribution < 1.29 is 9.53 Å². The van der Waals surface area contributed by atoms with Gasteiger partial charge in [-0.05, 0) is 30.5 Å². The van der Waals surface area contributed by atoms with Crippen molar-refractivity contribution in [2.75, 3.05) is 46.1 Å². The third kappa shape index (κ3) is 4.99. The Morgan fingerprint density at radius 3 is 3.10 bits per heavy atom. The zero-order valence-corrected chi connectivity index (χ0v) is 12.8. The van der Waals surface area contributed by atoms with Gasteiger partial charge in [0.25, 0.3) is 0 Å². The summed E-state index contributed by atoms with van der Waals surface area (Å²) in [5.41, 5.74) is 6.85. The summed E-state index contributed by atoms with van der Waals surface area (Å²) in [6.45, 7) is 2.78. The molecule has 6 heteroatoms. The molecule has 0 spiro atoms. The lowest BCUT2D eigenvalue weighted by molar-refractivity contribution is -0.132. The first kappa shape index (κ1) is 15.7. The molecule has 21 heavy (non-hydrogen) atoms. The number of aromatic nitrogens is 1. The number of aryl methyl sites for hydroxylation is 1. The van der Waals surface area contributed by atoms with E-state index < -0.39 is 0 Å². The molecular formula is C15H24N4O2. The van der Waals surface area contributed by atoms with Crippen molar-refractivity contribution in [2.45, 2.75) is 18.9 Å². The zero-order valence-electron chi connectivity index (χ0n) is 12.8. The molecular weight excluding hydrogens is 268 g/mol. The van der Waals surface area contributed by atoms with Crippen LogP contribution < -0.4 is 5.73 Å². The summed E-state index contributed by atoms with van der Waals surface area (Å²) < 4.78 is 5.79. The first-order valence-corrected chi connectivity index (χ1v) is 7.29. The minimum Gasteiger partial charge on any atom is -0.384 e. The van der Waals surface area contributed by atoms with E-state index in [0.29, 0.717) is 19.0 Å². The molecule has 0 unspecified atom stereocenters. The van der Waals surface area contributed by atoms with Gasteiger partial charge in [0.15, 0.2) is 0 Å². The molecule has 0 aromatic carbocycles. The highest BCUT2D eigenvalue weighted by molar-refractivity contribution is 5.77. The van der Waals surface area contributed by atoms with Gasteiger partial charge < -0.3 is 15.4 Å². The summed E-state index contributed by atoms with van der Waals surface area (Å²) in [6, 6.07) is 3.88. The Balaban J connectivity index is 1.80. The molecule has 1 aliphatic rings. The molecule has 1 fully saturated rings. The first-order chi connectivity index (χ1) is 10.0. The molecule has 1 amide bonds. The number of nitrogens with zero attached hydrogens (tertiary/aromatic N) is 3. The fourth-order valence-corrected chi connectivity index (χ4v) is 2.41. The number of rotatable bonds is 5. The fourth-order valence-electron chi connectivity index (χ4n) is 2.41. The van der Waals surface area contributed by atoms with Crippen LogP contribution in [0.4, 0.5) is 5.82 Å². The van der Waals surface area contributed by atoms with Gasteiger partial charge in [-0.3, -0.25) is 9.69 Å². The van der Waals surface area contributed by atoms with Crippen molar-refractivity contribution in [3.63, 3.8) is 0 Å². The van der Waals surface area contributed by atoms with E-state index in [0.717, 1.165) is 25.9 Å². The van der Waals surface area contributed by atoms with Crippen molar-refractivity contribution in [2.24, 2.45) is 0 Å². The van der Waals surface area contributed by atoms with Crippen molar-refractivity contribution >= 4 is 11.7 Å². The van der Waals surface area contributed by atoms with E-state index in [1.165, 1.54) is 5.56 Å². The molecule has 116 valence electrons. The Morgan fingerprint density at radius 2 is 2.38 bits per heavy atom. The molecule has 2 N–H and O–H groups in total. The van der Waals surface area contributed by atoms with Gasteiger partial charge in [0.05, 0.1) is 19.3 Å². The van der Waals surface area contributed by atoms with Crippen molar-refractivity contribution in [3.8, 4) is 0 Å². The summed E-state index contributed by atoms with van der Waals surface area (Å²) in [5.74, 6) is 0.688. The van der Waals surface area contributed by atoms with Crippen LogP contribution in [-0.2, 0) is 16.0 Å². The molecule has 0 aliphatic carbocycles. The Labute approximate surface area is 125 Å². The molecule has 6 nitrogen and oxygen atoms in total. The van der Waals surface area contributed by atoms with Crippen LogP contribution in [0, 0.1) is 0 Å². The predicted octanol–water partition coefficient (Wildman–Crippen LogP) is 0.385. The lowest BCUT2D eigenvalue weighted by Crippen LogP contribution is -2.46. The van der Waals surface area contributed by atoms with Crippen LogP contribution in [0.2, 0.25) is 0 Å². The van der Waals surface area contributed by atoms with E-state index in [-0.39, 0.29) is 12.0 Å². The molecule has 2 rings (SSSR count). The number of morpholine rings is 1. The predicted molar refractivity (Wildman–Crippen MR) is 81.8 cm³/mol. The maximum Gasteiger partial charge on any atom is 0.236 e. The molecule has 1 aromatic heterocycles. The van der Waals surface area contributed by atoms with Crippen LogP contribution in [-0.4, -0.2) is 67.1 Å². The number of likely N-dealkylation sites (N-methyl/N-ethyl adjacent to an activating group) is 1. The largest absolute Gasteiger partial charge is 0.384 e. The van der Waals surface area contributed by atoms with Gasteiger partial charge >= 0.3 is 0 Å². The zero-order chi connectivity index (χ0) is 15.2. The Morgan fingerprint density at radius 1 is 1.57 bits per heavy atom. The molecule has 1 atom stereocenters. The normalized spacial score (nSPS) is 19.4. The van der Waals surface area contributed by atoms with Gasteiger partial charge in [-0.1, -0.05) is 0 Å². The Bertz CT molecular complexity index is 478. The fraction of sp³-hybridized carbons (Fsp3) is 0.600. The van der Waals surface area contributed by atoms with Gasteiger partial charge in [0, 0.05) is 33.4 Å². The SMILES string of the molecule is CN(C)C(=O)CN1CCO[C@H](CCc2ccnc(N)c2)C1. The average molecular weight is 292 g/mol. The first-order valence-electron chi connectivity index (χ1n) is 7.29. The van der Waals surface area contributed by atoms with E-state index in [9.17, 15) is 4.79 Å². The number of nitrogens with two attached hydrogens (primary N) is 1. The van der Waals surface area contributed by atoms with Crippen LogP contribution in [0.25, 0.3) is 0 Å². The minimum atomic E-state index is 0.137. The molecule has 0 saturated carbocycles. The lowest BCUT2D eigenvalue weighted by atomic mass is 10.1. The number of anilines is 1. The summed E-state index contributed by atoms with van der Waals surface area (Å²) >= 11 is 0. The van der Waals surface area contributed by atoms with E-state index >= 15 is 0 Å². The van der Waals surface area contributed by atoms with E-state index in [4.69, 9.17) is 10.5 Å². The van der Waals surface area contributed by atoms with Gasteiger partial charge in [0.1, 0.15) is 5.82 Å². The summed E-state index contributed by atoms with van der Waals surface area (Å²) in [5, 5.41) is 0. The number of ether oxygens (including phenoxy) is 1. The van der Waals surface area contributed by atoms with Crippen molar-refractivity contribution in [1.82, 2.24) is 14.8 Å². The number of pyridine rings is 1. The Hall–Kier alpha value is -1.66. The van der Waals surface area contributed by atoms with Gasteiger partial charge in [-0.2, -0.15) is 0 Å². The number of nitrogen functional groups attached to an aromatic ring is 1. The third-order valence-corrected chi connectivity index (χ3v) is 3.68. The molecule has 0 bridgehead atoms. The second-order valence-corrected chi connectivity index (χ2v) is 5.64. The summed E-state index contributed by atoms with van der Waals surface area (Å²) in [7, 11) is 3.57.